The van der Waals surface area contributed by atoms with E-state index in [0.717, 1.165) is 28.9 Å². The number of hydrogen-bond donors (Lipinski definition) is 1. The second kappa shape index (κ2) is 7.94. The third-order valence-corrected chi connectivity index (χ3v) is 6.18. The van der Waals surface area contributed by atoms with E-state index in [1.807, 2.05) is 24.3 Å². The van der Waals surface area contributed by atoms with Gasteiger partial charge in [-0.3, -0.25) is 14.4 Å². The third-order valence-electron chi connectivity index (χ3n) is 6.18. The van der Waals surface area contributed by atoms with Gasteiger partial charge in [-0.15, -0.1) is 0 Å². The van der Waals surface area contributed by atoms with Gasteiger partial charge in [-0.2, -0.15) is 0 Å². The molecule has 6 nitrogen and oxygen atoms in total. The summed E-state index contributed by atoms with van der Waals surface area (Å²) in [4.78, 5) is 40.4. The molecule has 0 radical (unpaired) electrons. The Labute approximate surface area is 176 Å². The Balaban J connectivity index is 1.41. The number of anilines is 2. The largest absolute Gasteiger partial charge is 0.352 e. The summed E-state index contributed by atoms with van der Waals surface area (Å²) >= 11 is 0. The lowest BCUT2D eigenvalue weighted by molar-refractivity contribution is -0.126. The SMILES string of the molecule is CC(=O)N1CCc2cc(N3C[C@@H](C(=O)NCc4ccc(C)c(C)c4)CC3=O)ccc21. The van der Waals surface area contributed by atoms with Crippen molar-refractivity contribution in [2.45, 2.75) is 40.2 Å². The van der Waals surface area contributed by atoms with Crippen LogP contribution < -0.4 is 15.1 Å². The number of amides is 3. The molecule has 2 aromatic carbocycles. The highest BCUT2D eigenvalue weighted by atomic mass is 16.2. The predicted molar refractivity (Wildman–Crippen MR) is 116 cm³/mol. The van der Waals surface area contributed by atoms with Gasteiger partial charge in [0.2, 0.25) is 17.7 Å². The summed E-state index contributed by atoms with van der Waals surface area (Å²) in [5.41, 5.74) is 6.26. The van der Waals surface area contributed by atoms with Crippen LogP contribution in [0.25, 0.3) is 0 Å². The molecule has 30 heavy (non-hydrogen) atoms. The van der Waals surface area contributed by atoms with E-state index in [-0.39, 0.29) is 30.1 Å². The average Bonchev–Trinajstić information content (AvgIpc) is 3.31. The second-order valence-electron chi connectivity index (χ2n) is 8.28. The van der Waals surface area contributed by atoms with Gasteiger partial charge < -0.3 is 15.1 Å². The highest BCUT2D eigenvalue weighted by Crippen LogP contribution is 2.34. The Morgan fingerprint density at radius 3 is 2.63 bits per heavy atom. The summed E-state index contributed by atoms with van der Waals surface area (Å²) in [6, 6.07) is 11.9. The molecule has 6 heteroatoms. The van der Waals surface area contributed by atoms with E-state index < -0.39 is 0 Å². The predicted octanol–water partition coefficient (Wildman–Crippen LogP) is 2.88. The molecule has 1 fully saturated rings. The van der Waals surface area contributed by atoms with Crippen molar-refractivity contribution in [3.63, 3.8) is 0 Å². The van der Waals surface area contributed by atoms with Crippen LogP contribution >= 0.6 is 0 Å². The Hall–Kier alpha value is -3.15. The molecule has 1 atom stereocenters. The Morgan fingerprint density at radius 2 is 1.90 bits per heavy atom. The van der Waals surface area contributed by atoms with Gasteiger partial charge in [-0.25, -0.2) is 0 Å². The van der Waals surface area contributed by atoms with Crippen LogP contribution in [-0.2, 0) is 27.3 Å². The number of aryl methyl sites for hydroxylation is 2. The van der Waals surface area contributed by atoms with Gasteiger partial charge in [0.1, 0.15) is 0 Å². The summed E-state index contributed by atoms with van der Waals surface area (Å²) < 4.78 is 0. The highest BCUT2D eigenvalue weighted by molar-refractivity contribution is 6.01. The lowest BCUT2D eigenvalue weighted by Gasteiger charge is -2.19. The van der Waals surface area contributed by atoms with Crippen LogP contribution in [-0.4, -0.2) is 30.8 Å². The summed E-state index contributed by atoms with van der Waals surface area (Å²) in [5, 5.41) is 2.98. The summed E-state index contributed by atoms with van der Waals surface area (Å²) in [6.07, 6.45) is 1.00. The summed E-state index contributed by atoms with van der Waals surface area (Å²) in [6.45, 7) is 7.20. The van der Waals surface area contributed by atoms with Gasteiger partial charge in [0.15, 0.2) is 0 Å². The maximum absolute atomic E-state index is 12.7. The molecule has 2 heterocycles. The molecule has 0 spiro atoms. The fourth-order valence-corrected chi connectivity index (χ4v) is 4.26. The van der Waals surface area contributed by atoms with Gasteiger partial charge in [-0.1, -0.05) is 18.2 Å². The smallest absolute Gasteiger partial charge is 0.227 e. The van der Waals surface area contributed by atoms with Crippen molar-refractivity contribution < 1.29 is 14.4 Å². The highest BCUT2D eigenvalue weighted by Gasteiger charge is 2.35. The Morgan fingerprint density at radius 1 is 1.10 bits per heavy atom. The topological polar surface area (TPSA) is 69.7 Å². The number of carbonyl (C=O) groups is 3. The zero-order chi connectivity index (χ0) is 21.4. The van der Waals surface area contributed by atoms with Gasteiger partial charge in [0.25, 0.3) is 0 Å². The van der Waals surface area contributed by atoms with E-state index >= 15 is 0 Å². The van der Waals surface area contributed by atoms with Crippen LogP contribution in [0.4, 0.5) is 11.4 Å². The van der Waals surface area contributed by atoms with E-state index in [2.05, 4.69) is 31.3 Å². The van der Waals surface area contributed by atoms with Crippen molar-refractivity contribution in [1.82, 2.24) is 5.32 Å². The first-order valence-corrected chi connectivity index (χ1v) is 10.4. The number of nitrogens with zero attached hydrogens (tertiary/aromatic N) is 2. The maximum Gasteiger partial charge on any atom is 0.227 e. The van der Waals surface area contributed by atoms with Gasteiger partial charge in [0, 0.05) is 44.4 Å². The first-order valence-electron chi connectivity index (χ1n) is 10.4. The molecule has 0 unspecified atom stereocenters. The molecule has 0 bridgehead atoms. The Bertz CT molecular complexity index is 1030. The van der Waals surface area contributed by atoms with E-state index in [1.165, 1.54) is 11.1 Å². The van der Waals surface area contributed by atoms with Crippen molar-refractivity contribution in [3.8, 4) is 0 Å². The van der Waals surface area contributed by atoms with Gasteiger partial charge >= 0.3 is 0 Å². The molecule has 1 N–H and O–H groups in total. The molecule has 1 saturated heterocycles. The van der Waals surface area contributed by atoms with E-state index in [1.54, 1.807) is 16.7 Å². The number of benzene rings is 2. The first-order chi connectivity index (χ1) is 14.3. The molecular formula is C24H27N3O3. The summed E-state index contributed by atoms with van der Waals surface area (Å²) in [5.74, 6) is -0.457. The van der Waals surface area contributed by atoms with Crippen molar-refractivity contribution in [2.24, 2.45) is 5.92 Å². The first kappa shape index (κ1) is 20.1. The molecule has 3 amide bonds. The quantitative estimate of drug-likeness (QED) is 0.850. The van der Waals surface area contributed by atoms with Crippen LogP contribution in [0, 0.1) is 19.8 Å². The van der Waals surface area contributed by atoms with Crippen LogP contribution in [0.15, 0.2) is 36.4 Å². The van der Waals surface area contributed by atoms with Crippen LogP contribution in [0.5, 0.6) is 0 Å². The minimum atomic E-state index is -0.356. The third kappa shape index (κ3) is 3.82. The normalized spacial score (nSPS) is 18.0. The maximum atomic E-state index is 12.7. The number of hydrogen-bond acceptors (Lipinski definition) is 3. The minimum absolute atomic E-state index is 0.0271. The van der Waals surface area contributed by atoms with Crippen LogP contribution in [0.3, 0.4) is 0 Å². The van der Waals surface area contributed by atoms with Crippen molar-refractivity contribution >= 4 is 29.1 Å². The Kier molecular flexibility index (Phi) is 5.33. The van der Waals surface area contributed by atoms with Crippen molar-refractivity contribution in [1.29, 1.82) is 0 Å². The van der Waals surface area contributed by atoms with Gasteiger partial charge in [-0.05, 0) is 60.7 Å². The summed E-state index contributed by atoms with van der Waals surface area (Å²) in [7, 11) is 0. The molecule has 0 aliphatic carbocycles. The molecule has 2 aliphatic rings. The average molecular weight is 405 g/mol. The second-order valence-corrected chi connectivity index (χ2v) is 8.28. The van der Waals surface area contributed by atoms with Crippen LogP contribution in [0.1, 0.15) is 35.6 Å². The molecular weight excluding hydrogens is 378 g/mol. The monoisotopic (exact) mass is 405 g/mol. The lowest BCUT2D eigenvalue weighted by atomic mass is 10.1. The standard InChI is InChI=1S/C24H27N3O3/c1-15-4-5-18(10-16(15)2)13-25-24(30)20-12-23(29)27(14-20)21-6-7-22-19(11-21)8-9-26(22)17(3)28/h4-7,10-11,20H,8-9,12-14H2,1-3H3,(H,25,30)/t20-/m0/s1. The van der Waals surface area contributed by atoms with Crippen molar-refractivity contribution in [3.05, 3.63) is 58.7 Å². The number of rotatable bonds is 4. The molecule has 2 aliphatic heterocycles. The van der Waals surface area contributed by atoms with Gasteiger partial charge in [0.05, 0.1) is 5.92 Å². The zero-order valence-corrected chi connectivity index (χ0v) is 17.7. The van der Waals surface area contributed by atoms with Crippen molar-refractivity contribution in [2.75, 3.05) is 22.9 Å². The minimum Gasteiger partial charge on any atom is -0.352 e. The molecule has 2 aromatic rings. The molecule has 4 rings (SSSR count). The zero-order valence-electron chi connectivity index (χ0n) is 17.7. The number of fused-ring (bicyclic) bond motifs is 1. The fraction of sp³-hybridized carbons (Fsp3) is 0.375. The molecule has 156 valence electrons. The molecule has 0 saturated carbocycles. The lowest BCUT2D eigenvalue weighted by Crippen LogP contribution is -2.32. The number of carbonyl (C=O) groups excluding carboxylic acids is 3. The van der Waals surface area contributed by atoms with Crippen LogP contribution in [0.2, 0.25) is 0 Å². The van der Waals surface area contributed by atoms with E-state index in [9.17, 15) is 14.4 Å². The molecule has 0 aromatic heterocycles. The fourth-order valence-electron chi connectivity index (χ4n) is 4.26. The van der Waals surface area contributed by atoms with E-state index in [4.69, 9.17) is 0 Å². The number of nitrogens with one attached hydrogen (secondary N) is 1. The van der Waals surface area contributed by atoms with E-state index in [0.29, 0.717) is 19.6 Å².